The van der Waals surface area contributed by atoms with Gasteiger partial charge < -0.3 is 40.8 Å². The zero-order chi connectivity index (χ0) is 29.9. The summed E-state index contributed by atoms with van der Waals surface area (Å²) in [7, 11) is 2.80. The van der Waals surface area contributed by atoms with E-state index in [1.807, 2.05) is 30.3 Å². The maximum atomic E-state index is 13.7. The van der Waals surface area contributed by atoms with Crippen molar-refractivity contribution < 1.29 is 38.8 Å². The molecule has 0 radical (unpaired) electrons. The number of rotatable bonds is 15. The van der Waals surface area contributed by atoms with E-state index in [0.717, 1.165) is 5.56 Å². The van der Waals surface area contributed by atoms with Crippen LogP contribution < -0.4 is 30.6 Å². The molecule has 0 aromatic heterocycles. The summed E-state index contributed by atoms with van der Waals surface area (Å²) in [6.45, 7) is 0.209. The molecule has 0 unspecified atom stereocenters. The van der Waals surface area contributed by atoms with Gasteiger partial charge in [-0.2, -0.15) is 0 Å². The fourth-order valence-electron chi connectivity index (χ4n) is 3.93. The second-order valence-corrected chi connectivity index (χ2v) is 8.89. The quantitative estimate of drug-likeness (QED) is 0.118. The summed E-state index contributed by atoms with van der Waals surface area (Å²) in [4.78, 5) is 36.8. The van der Waals surface area contributed by atoms with E-state index >= 15 is 0 Å². The van der Waals surface area contributed by atoms with Gasteiger partial charge in [-0.15, -0.1) is 0 Å². The van der Waals surface area contributed by atoms with Crippen LogP contribution in [0.5, 0.6) is 17.2 Å². The van der Waals surface area contributed by atoms with E-state index in [9.17, 15) is 19.5 Å². The molecule has 1 amide bonds. The van der Waals surface area contributed by atoms with Gasteiger partial charge in [0.1, 0.15) is 17.6 Å². The van der Waals surface area contributed by atoms with Crippen LogP contribution in [0.4, 0.5) is 5.69 Å². The van der Waals surface area contributed by atoms with Crippen LogP contribution in [-0.4, -0.2) is 54.2 Å². The third-order valence-electron chi connectivity index (χ3n) is 6.07. The number of hydrogen-bond donors (Lipinski definition) is 6. The fraction of sp³-hybridized carbons (Fsp3) is 0.241. The van der Waals surface area contributed by atoms with E-state index in [0.29, 0.717) is 11.3 Å². The van der Waals surface area contributed by atoms with E-state index < -0.39 is 36.4 Å². The van der Waals surface area contributed by atoms with Gasteiger partial charge in [0.25, 0.3) is 0 Å². The van der Waals surface area contributed by atoms with Gasteiger partial charge in [0.15, 0.2) is 17.6 Å². The van der Waals surface area contributed by atoms with Crippen LogP contribution in [0.25, 0.3) is 0 Å². The molecule has 0 fully saturated rings. The van der Waals surface area contributed by atoms with Crippen molar-refractivity contribution >= 4 is 29.4 Å². The smallest absolute Gasteiger partial charge is 0.344 e. The molecule has 12 heteroatoms. The molecule has 3 rings (SSSR count). The summed E-state index contributed by atoms with van der Waals surface area (Å²) in [6.07, 6.45) is -2.28. The number of carboxylic acids is 2. The number of carbonyl (C=O) groups excluding carboxylic acids is 1. The number of methoxy groups -OCH3 is 2. The number of carbonyl (C=O) groups is 3. The number of hydrogen-bond acceptors (Lipinski definition) is 8. The van der Waals surface area contributed by atoms with E-state index in [1.54, 1.807) is 24.3 Å². The molecule has 0 spiro atoms. The molecule has 3 aromatic carbocycles. The van der Waals surface area contributed by atoms with Crippen molar-refractivity contribution in [2.24, 2.45) is 5.73 Å². The van der Waals surface area contributed by atoms with E-state index in [-0.39, 0.29) is 41.6 Å². The van der Waals surface area contributed by atoms with Crippen LogP contribution in [0.3, 0.4) is 0 Å². The number of benzene rings is 3. The van der Waals surface area contributed by atoms with E-state index in [1.165, 1.54) is 26.4 Å². The average Bonchev–Trinajstić information content (AvgIpc) is 2.97. The summed E-state index contributed by atoms with van der Waals surface area (Å²) in [6, 6.07) is 17.5. The Bertz CT molecular complexity index is 1380. The molecule has 7 N–H and O–H groups in total. The first kappa shape index (κ1) is 30.3. The number of aliphatic carboxylic acids is 2. The fourth-order valence-corrected chi connectivity index (χ4v) is 3.93. The summed E-state index contributed by atoms with van der Waals surface area (Å²) in [5, 5.41) is 32.5. The molecule has 216 valence electrons. The molecular formula is C29H32N4O8. The topological polar surface area (TPSA) is 193 Å². The Morgan fingerprint density at radius 2 is 1.56 bits per heavy atom. The predicted molar refractivity (Wildman–Crippen MR) is 151 cm³/mol. The van der Waals surface area contributed by atoms with Crippen molar-refractivity contribution in [3.63, 3.8) is 0 Å². The largest absolute Gasteiger partial charge is 0.493 e. The van der Waals surface area contributed by atoms with Crippen LogP contribution in [-0.2, 0) is 20.9 Å². The van der Waals surface area contributed by atoms with Gasteiger partial charge in [-0.25, -0.2) is 4.79 Å². The molecule has 0 aliphatic carbocycles. The van der Waals surface area contributed by atoms with Crippen LogP contribution in [0.1, 0.15) is 35.6 Å². The predicted octanol–water partition coefficient (Wildman–Crippen LogP) is 3.15. The minimum absolute atomic E-state index is 0.0202. The lowest BCUT2D eigenvalue weighted by molar-refractivity contribution is -0.146. The highest BCUT2D eigenvalue weighted by Crippen LogP contribution is 2.39. The van der Waals surface area contributed by atoms with Gasteiger partial charge in [0.2, 0.25) is 5.91 Å². The summed E-state index contributed by atoms with van der Waals surface area (Å²) >= 11 is 0. The average molecular weight is 565 g/mol. The lowest BCUT2D eigenvalue weighted by Gasteiger charge is -2.25. The zero-order valence-electron chi connectivity index (χ0n) is 22.5. The molecule has 41 heavy (non-hydrogen) atoms. The molecule has 0 aliphatic heterocycles. The SMILES string of the molecule is COc1cc(O[C@H](CCC(=O)O)C(=O)O)c([C@@H](Nc2ccc(C(=N)N)cc2)C(=O)NCc2ccccc2)cc1OC. The Morgan fingerprint density at radius 3 is 2.12 bits per heavy atom. The number of ether oxygens (including phenoxy) is 3. The number of amidine groups is 1. The minimum Gasteiger partial charge on any atom is -0.493 e. The Hall–Kier alpha value is -5.26. The van der Waals surface area contributed by atoms with Gasteiger partial charge in [-0.05, 0) is 35.9 Å². The Labute approximate surface area is 236 Å². The Morgan fingerprint density at radius 1 is 0.927 bits per heavy atom. The van der Waals surface area contributed by atoms with Crippen molar-refractivity contribution in [2.45, 2.75) is 31.5 Å². The zero-order valence-corrected chi connectivity index (χ0v) is 22.5. The first-order valence-corrected chi connectivity index (χ1v) is 12.5. The van der Waals surface area contributed by atoms with Crippen LogP contribution in [0.15, 0.2) is 66.7 Å². The van der Waals surface area contributed by atoms with Gasteiger partial charge in [-0.1, -0.05) is 30.3 Å². The lowest BCUT2D eigenvalue weighted by Crippen LogP contribution is -2.34. The van der Waals surface area contributed by atoms with Crippen LogP contribution >= 0.6 is 0 Å². The van der Waals surface area contributed by atoms with Crippen molar-refractivity contribution in [3.05, 3.63) is 83.4 Å². The number of carboxylic acid groups (broad SMARTS) is 2. The van der Waals surface area contributed by atoms with Gasteiger partial charge in [0.05, 0.1) is 14.2 Å². The van der Waals surface area contributed by atoms with Gasteiger partial charge in [-0.3, -0.25) is 15.0 Å². The molecule has 0 heterocycles. The maximum absolute atomic E-state index is 13.7. The maximum Gasteiger partial charge on any atom is 0.344 e. The van der Waals surface area contributed by atoms with Crippen LogP contribution in [0.2, 0.25) is 0 Å². The number of anilines is 1. The molecule has 0 saturated carbocycles. The monoisotopic (exact) mass is 564 g/mol. The molecule has 3 aromatic rings. The first-order chi connectivity index (χ1) is 19.6. The van der Waals surface area contributed by atoms with Crippen molar-refractivity contribution in [3.8, 4) is 17.2 Å². The van der Waals surface area contributed by atoms with Gasteiger partial charge >= 0.3 is 11.9 Å². The number of nitrogen functional groups attached to an aromatic ring is 1. The standard InChI is InChI=1S/C29H32N4O8/c1-39-23-14-20(22(15-24(23)40-2)41-21(29(37)38)12-13-25(34)35)26(28(36)32-16-17-6-4-3-5-7-17)33-19-10-8-18(9-11-19)27(30)31/h3-11,14-15,21,26,33H,12-13,16H2,1-2H3,(H3,30,31)(H,32,36)(H,34,35)(H,37,38)/t21-,26-/m1/s1. The van der Waals surface area contributed by atoms with E-state index in [4.69, 9.17) is 30.5 Å². The molecule has 0 saturated heterocycles. The molecule has 2 atom stereocenters. The lowest BCUT2D eigenvalue weighted by atomic mass is 10.0. The third kappa shape index (κ3) is 8.36. The van der Waals surface area contributed by atoms with E-state index in [2.05, 4.69) is 10.6 Å². The highest BCUT2D eigenvalue weighted by molar-refractivity contribution is 5.95. The Balaban J connectivity index is 2.07. The van der Waals surface area contributed by atoms with Crippen molar-refractivity contribution in [2.75, 3.05) is 19.5 Å². The second kappa shape index (κ2) is 14.2. The number of nitrogens with two attached hydrogens (primary N) is 1. The highest BCUT2D eigenvalue weighted by atomic mass is 16.5. The third-order valence-corrected chi connectivity index (χ3v) is 6.07. The molecule has 12 nitrogen and oxygen atoms in total. The van der Waals surface area contributed by atoms with Crippen molar-refractivity contribution in [1.29, 1.82) is 5.41 Å². The van der Waals surface area contributed by atoms with Crippen LogP contribution in [0, 0.1) is 5.41 Å². The minimum atomic E-state index is -1.52. The van der Waals surface area contributed by atoms with Crippen molar-refractivity contribution in [1.82, 2.24) is 5.32 Å². The number of nitrogens with one attached hydrogen (secondary N) is 3. The molecule has 0 bridgehead atoms. The summed E-state index contributed by atoms with van der Waals surface area (Å²) in [5.41, 5.74) is 7.61. The first-order valence-electron chi connectivity index (χ1n) is 12.5. The second-order valence-electron chi connectivity index (χ2n) is 8.89. The number of amides is 1. The Kier molecular flexibility index (Phi) is 10.5. The summed E-state index contributed by atoms with van der Waals surface area (Å²) < 4.78 is 16.6. The molecule has 0 aliphatic rings. The normalized spacial score (nSPS) is 12.0. The van der Waals surface area contributed by atoms with Gasteiger partial charge in [0, 0.05) is 42.3 Å². The highest BCUT2D eigenvalue weighted by Gasteiger charge is 2.30. The summed E-state index contributed by atoms with van der Waals surface area (Å²) in [5.74, 6) is -2.70. The molecular weight excluding hydrogens is 532 g/mol.